The standard InChI is InChI=1S/C21H28N2O6S/c1-5-20(29-19-8-6-16(7-9-19)23(2)30(4,25)26)21(24)22-14-15-28-18-12-10-17(27-3)11-13-18/h6-13,20H,5,14-15H2,1-4H3,(H,22,24)/t20-/m0/s1. The minimum absolute atomic E-state index is 0.242. The molecule has 1 atom stereocenters. The number of amides is 1. The first-order chi connectivity index (χ1) is 14.2. The average Bonchev–Trinajstić information content (AvgIpc) is 2.74. The third-order valence-electron chi connectivity index (χ3n) is 4.37. The molecule has 8 nitrogen and oxygen atoms in total. The Morgan fingerprint density at radius 3 is 2.13 bits per heavy atom. The number of rotatable bonds is 11. The molecule has 1 amide bonds. The van der Waals surface area contributed by atoms with Crippen LogP contribution in [0.4, 0.5) is 5.69 Å². The maximum Gasteiger partial charge on any atom is 0.261 e. The first kappa shape index (κ1) is 23.3. The van der Waals surface area contributed by atoms with Gasteiger partial charge in [0.05, 0.1) is 25.6 Å². The van der Waals surface area contributed by atoms with Crippen molar-refractivity contribution >= 4 is 21.6 Å². The highest BCUT2D eigenvalue weighted by Crippen LogP contribution is 2.21. The molecule has 0 aliphatic carbocycles. The largest absolute Gasteiger partial charge is 0.497 e. The molecule has 9 heteroatoms. The molecule has 2 aromatic carbocycles. The molecular formula is C21H28N2O6S. The summed E-state index contributed by atoms with van der Waals surface area (Å²) in [5, 5.41) is 2.80. The van der Waals surface area contributed by atoms with E-state index in [0.717, 1.165) is 12.0 Å². The summed E-state index contributed by atoms with van der Waals surface area (Å²) in [5.74, 6) is 1.67. The van der Waals surface area contributed by atoms with Crippen molar-refractivity contribution in [3.8, 4) is 17.2 Å². The smallest absolute Gasteiger partial charge is 0.261 e. The van der Waals surface area contributed by atoms with Crippen LogP contribution in [0.2, 0.25) is 0 Å². The predicted octanol–water partition coefficient (Wildman–Crippen LogP) is 2.44. The average molecular weight is 437 g/mol. The van der Waals surface area contributed by atoms with Crippen molar-refractivity contribution in [2.45, 2.75) is 19.4 Å². The van der Waals surface area contributed by atoms with Gasteiger partial charge in [0.1, 0.15) is 23.9 Å². The molecule has 0 radical (unpaired) electrons. The van der Waals surface area contributed by atoms with Crippen molar-refractivity contribution in [1.29, 1.82) is 0 Å². The molecule has 2 rings (SSSR count). The number of carbonyl (C=O) groups excluding carboxylic acids is 1. The molecule has 0 saturated heterocycles. The molecule has 0 spiro atoms. The fraction of sp³-hybridized carbons (Fsp3) is 0.381. The zero-order valence-electron chi connectivity index (χ0n) is 17.6. The Kier molecular flexibility index (Phi) is 8.35. The predicted molar refractivity (Wildman–Crippen MR) is 116 cm³/mol. The summed E-state index contributed by atoms with van der Waals surface area (Å²) < 4.78 is 40.8. The minimum Gasteiger partial charge on any atom is -0.497 e. The number of hydrogen-bond acceptors (Lipinski definition) is 6. The Bertz CT molecular complexity index is 914. The quantitative estimate of drug-likeness (QED) is 0.544. The van der Waals surface area contributed by atoms with Gasteiger partial charge < -0.3 is 19.5 Å². The monoisotopic (exact) mass is 436 g/mol. The van der Waals surface area contributed by atoms with Gasteiger partial charge in [-0.15, -0.1) is 0 Å². The molecule has 0 bridgehead atoms. The highest BCUT2D eigenvalue weighted by Gasteiger charge is 2.18. The molecule has 0 heterocycles. The summed E-state index contributed by atoms with van der Waals surface area (Å²) in [6, 6.07) is 13.7. The van der Waals surface area contributed by atoms with Crippen LogP contribution in [0.25, 0.3) is 0 Å². The van der Waals surface area contributed by atoms with Crippen molar-refractivity contribution in [1.82, 2.24) is 5.32 Å². The third kappa shape index (κ3) is 6.84. The zero-order valence-corrected chi connectivity index (χ0v) is 18.4. The normalized spacial score (nSPS) is 12.0. The van der Waals surface area contributed by atoms with E-state index in [1.54, 1.807) is 55.6 Å². The van der Waals surface area contributed by atoms with E-state index in [1.165, 1.54) is 11.4 Å². The number of benzene rings is 2. The van der Waals surface area contributed by atoms with E-state index in [4.69, 9.17) is 14.2 Å². The Hall–Kier alpha value is -2.94. The third-order valence-corrected chi connectivity index (χ3v) is 5.57. The lowest BCUT2D eigenvalue weighted by Gasteiger charge is -2.19. The van der Waals surface area contributed by atoms with Crippen LogP contribution in [0.15, 0.2) is 48.5 Å². The van der Waals surface area contributed by atoms with Crippen LogP contribution in [0.5, 0.6) is 17.2 Å². The van der Waals surface area contributed by atoms with Gasteiger partial charge in [-0.05, 0) is 55.0 Å². The van der Waals surface area contributed by atoms with E-state index in [2.05, 4.69) is 5.32 Å². The molecule has 0 saturated carbocycles. The lowest BCUT2D eigenvalue weighted by atomic mass is 10.2. The summed E-state index contributed by atoms with van der Waals surface area (Å²) in [6.07, 6.45) is 0.952. The number of ether oxygens (including phenoxy) is 3. The van der Waals surface area contributed by atoms with Crippen LogP contribution < -0.4 is 23.8 Å². The molecule has 0 unspecified atom stereocenters. The van der Waals surface area contributed by atoms with Crippen LogP contribution in [0, 0.1) is 0 Å². The van der Waals surface area contributed by atoms with Gasteiger partial charge in [0, 0.05) is 7.05 Å². The summed E-state index contributed by atoms with van der Waals surface area (Å²) in [6.45, 7) is 2.51. The minimum atomic E-state index is -3.34. The molecule has 0 fully saturated rings. The fourth-order valence-corrected chi connectivity index (χ4v) is 3.05. The first-order valence-corrected chi connectivity index (χ1v) is 11.3. The zero-order chi connectivity index (χ0) is 22.1. The van der Waals surface area contributed by atoms with E-state index in [1.807, 2.05) is 6.92 Å². The first-order valence-electron chi connectivity index (χ1n) is 9.49. The number of anilines is 1. The lowest BCUT2D eigenvalue weighted by Crippen LogP contribution is -2.39. The van der Waals surface area contributed by atoms with Crippen LogP contribution in [0.3, 0.4) is 0 Å². The molecule has 0 aliphatic rings. The molecular weight excluding hydrogens is 408 g/mol. The lowest BCUT2D eigenvalue weighted by molar-refractivity contribution is -0.128. The van der Waals surface area contributed by atoms with Crippen molar-refractivity contribution < 1.29 is 27.4 Å². The Morgan fingerprint density at radius 2 is 1.60 bits per heavy atom. The maximum atomic E-state index is 12.4. The van der Waals surface area contributed by atoms with Gasteiger partial charge in [0.15, 0.2) is 6.10 Å². The molecule has 0 aromatic heterocycles. The second-order valence-corrected chi connectivity index (χ2v) is 8.57. The Labute approximate surface area is 177 Å². The Morgan fingerprint density at radius 1 is 1.03 bits per heavy atom. The summed E-state index contributed by atoms with van der Waals surface area (Å²) in [5.41, 5.74) is 0.512. The number of nitrogens with zero attached hydrogens (tertiary/aromatic N) is 1. The number of hydrogen-bond donors (Lipinski definition) is 1. The number of sulfonamides is 1. The van der Waals surface area contributed by atoms with Gasteiger partial charge in [-0.25, -0.2) is 8.42 Å². The van der Waals surface area contributed by atoms with Gasteiger partial charge in [-0.2, -0.15) is 0 Å². The number of nitrogens with one attached hydrogen (secondary N) is 1. The van der Waals surface area contributed by atoms with Crippen molar-refractivity contribution in [2.24, 2.45) is 0 Å². The highest BCUT2D eigenvalue weighted by molar-refractivity contribution is 7.92. The molecule has 2 aromatic rings. The SMILES string of the molecule is CC[C@H](Oc1ccc(N(C)S(C)(=O)=O)cc1)C(=O)NCCOc1ccc(OC)cc1. The van der Waals surface area contributed by atoms with Gasteiger partial charge in [0.2, 0.25) is 10.0 Å². The van der Waals surface area contributed by atoms with Gasteiger partial charge in [-0.1, -0.05) is 6.92 Å². The molecule has 1 N–H and O–H groups in total. The van der Waals surface area contributed by atoms with E-state index < -0.39 is 16.1 Å². The molecule has 0 aliphatic heterocycles. The van der Waals surface area contributed by atoms with Crippen molar-refractivity contribution in [3.05, 3.63) is 48.5 Å². The van der Waals surface area contributed by atoms with Crippen LogP contribution in [-0.4, -0.2) is 54.0 Å². The highest BCUT2D eigenvalue weighted by atomic mass is 32.2. The van der Waals surface area contributed by atoms with E-state index in [9.17, 15) is 13.2 Å². The van der Waals surface area contributed by atoms with E-state index in [-0.39, 0.29) is 5.91 Å². The van der Waals surface area contributed by atoms with Crippen LogP contribution in [-0.2, 0) is 14.8 Å². The van der Waals surface area contributed by atoms with E-state index in [0.29, 0.717) is 36.8 Å². The van der Waals surface area contributed by atoms with Crippen LogP contribution in [0.1, 0.15) is 13.3 Å². The molecule has 30 heavy (non-hydrogen) atoms. The number of carbonyl (C=O) groups is 1. The van der Waals surface area contributed by atoms with Gasteiger partial charge >= 0.3 is 0 Å². The van der Waals surface area contributed by atoms with Gasteiger partial charge in [0.25, 0.3) is 5.91 Å². The summed E-state index contributed by atoms with van der Waals surface area (Å²) in [7, 11) is -0.265. The Balaban J connectivity index is 1.82. The summed E-state index contributed by atoms with van der Waals surface area (Å²) in [4.78, 5) is 12.4. The second-order valence-electron chi connectivity index (χ2n) is 6.55. The maximum absolute atomic E-state index is 12.4. The second kappa shape index (κ2) is 10.7. The molecule has 164 valence electrons. The topological polar surface area (TPSA) is 94.2 Å². The van der Waals surface area contributed by atoms with Gasteiger partial charge in [-0.3, -0.25) is 9.10 Å². The van der Waals surface area contributed by atoms with E-state index >= 15 is 0 Å². The fourth-order valence-electron chi connectivity index (χ4n) is 2.54. The van der Waals surface area contributed by atoms with Crippen LogP contribution >= 0.6 is 0 Å². The van der Waals surface area contributed by atoms with Crippen molar-refractivity contribution in [3.63, 3.8) is 0 Å². The van der Waals surface area contributed by atoms with Crippen molar-refractivity contribution in [2.75, 3.05) is 37.9 Å². The summed E-state index contributed by atoms with van der Waals surface area (Å²) >= 11 is 0. The number of methoxy groups -OCH3 is 1.